The highest BCUT2D eigenvalue weighted by molar-refractivity contribution is 6.05. The molecule has 134 valence electrons. The fourth-order valence-corrected chi connectivity index (χ4v) is 3.02. The Morgan fingerprint density at radius 3 is 2.77 bits per heavy atom. The van der Waals surface area contributed by atoms with Crippen LogP contribution in [0.3, 0.4) is 0 Å². The molecule has 2 aromatic heterocycles. The average molecular weight is 373 g/mol. The lowest BCUT2D eigenvalue weighted by atomic mass is 10.1. The van der Waals surface area contributed by atoms with Gasteiger partial charge in [-0.3, -0.25) is 20.3 Å². The van der Waals surface area contributed by atoms with Crippen LogP contribution >= 0.6 is 12.4 Å². The minimum atomic E-state index is -0.436. The number of nitrogens with zero attached hydrogens (tertiary/aromatic N) is 2. The zero-order valence-corrected chi connectivity index (χ0v) is 14.5. The molecule has 0 spiro atoms. The molecule has 1 amide bonds. The SMILES string of the molecule is Cl.N=C(N)NC(=O)c1cnn(-c2cccc3[nH]c(=O)ccc23)c1C1CC1. The first-order valence-corrected chi connectivity index (χ1v) is 7.90. The molecule has 1 aliphatic carbocycles. The van der Waals surface area contributed by atoms with Gasteiger partial charge in [0.1, 0.15) is 0 Å². The third kappa shape index (κ3) is 3.06. The summed E-state index contributed by atoms with van der Waals surface area (Å²) < 4.78 is 1.74. The van der Waals surface area contributed by atoms with Crippen LogP contribution in [0.25, 0.3) is 16.6 Å². The Labute approximate surface area is 154 Å². The van der Waals surface area contributed by atoms with Crippen LogP contribution in [0, 0.1) is 5.41 Å². The number of aromatic nitrogens is 3. The van der Waals surface area contributed by atoms with Crippen molar-refractivity contribution >= 4 is 35.2 Å². The van der Waals surface area contributed by atoms with Gasteiger partial charge < -0.3 is 10.7 Å². The van der Waals surface area contributed by atoms with Crippen LogP contribution in [-0.4, -0.2) is 26.6 Å². The fraction of sp³-hybridized carbons (Fsp3) is 0.176. The molecular formula is C17H17ClN6O2. The van der Waals surface area contributed by atoms with E-state index in [1.165, 1.54) is 12.3 Å². The molecule has 8 nitrogen and oxygen atoms in total. The van der Waals surface area contributed by atoms with Crippen molar-refractivity contribution in [3.05, 3.63) is 58.1 Å². The lowest BCUT2D eigenvalue weighted by Gasteiger charge is -2.11. The summed E-state index contributed by atoms with van der Waals surface area (Å²) in [5.41, 5.74) is 7.81. The Hall–Kier alpha value is -3.13. The number of benzene rings is 1. The highest BCUT2D eigenvalue weighted by Gasteiger charge is 2.33. The lowest BCUT2D eigenvalue weighted by Crippen LogP contribution is -2.36. The Kier molecular flexibility index (Phi) is 4.52. The maximum atomic E-state index is 12.3. The first-order chi connectivity index (χ1) is 12.0. The third-order valence-corrected chi connectivity index (χ3v) is 4.23. The first-order valence-electron chi connectivity index (χ1n) is 7.90. The van der Waals surface area contributed by atoms with E-state index in [2.05, 4.69) is 15.4 Å². The quantitative estimate of drug-likeness (QED) is 0.411. The Balaban J connectivity index is 0.00000196. The van der Waals surface area contributed by atoms with Crippen LogP contribution < -0.4 is 16.6 Å². The molecule has 3 aromatic rings. The highest BCUT2D eigenvalue weighted by Crippen LogP contribution is 2.42. The zero-order valence-electron chi connectivity index (χ0n) is 13.7. The summed E-state index contributed by atoms with van der Waals surface area (Å²) in [6, 6.07) is 8.77. The molecule has 0 unspecified atom stereocenters. The minimum absolute atomic E-state index is 0. The largest absolute Gasteiger partial charge is 0.370 e. The molecule has 0 bridgehead atoms. The maximum absolute atomic E-state index is 12.3. The maximum Gasteiger partial charge on any atom is 0.261 e. The number of H-pyrrole nitrogens is 1. The number of pyridine rings is 1. The van der Waals surface area contributed by atoms with E-state index in [9.17, 15) is 9.59 Å². The second-order valence-corrected chi connectivity index (χ2v) is 6.06. The third-order valence-electron chi connectivity index (χ3n) is 4.23. The van der Waals surface area contributed by atoms with Gasteiger partial charge in [0.05, 0.1) is 28.7 Å². The first kappa shape index (κ1) is 17.7. The van der Waals surface area contributed by atoms with E-state index >= 15 is 0 Å². The number of guanidine groups is 1. The number of carbonyl (C=O) groups is 1. The monoisotopic (exact) mass is 372 g/mol. The molecule has 5 N–H and O–H groups in total. The minimum Gasteiger partial charge on any atom is -0.370 e. The van der Waals surface area contributed by atoms with Crippen LogP contribution in [0.1, 0.15) is 34.8 Å². The van der Waals surface area contributed by atoms with Crippen molar-refractivity contribution < 1.29 is 4.79 Å². The predicted molar refractivity (Wildman–Crippen MR) is 100 cm³/mol. The van der Waals surface area contributed by atoms with Crippen molar-refractivity contribution in [1.82, 2.24) is 20.1 Å². The van der Waals surface area contributed by atoms with Gasteiger partial charge in [-0.05, 0) is 31.0 Å². The van der Waals surface area contributed by atoms with Crippen LogP contribution in [0.2, 0.25) is 0 Å². The van der Waals surface area contributed by atoms with Crippen LogP contribution in [0.4, 0.5) is 0 Å². The second kappa shape index (κ2) is 6.64. The Morgan fingerprint density at radius 1 is 1.31 bits per heavy atom. The lowest BCUT2D eigenvalue weighted by molar-refractivity contribution is 0.0975. The van der Waals surface area contributed by atoms with Gasteiger partial charge in [0.25, 0.3) is 5.91 Å². The molecular weight excluding hydrogens is 356 g/mol. The van der Waals surface area contributed by atoms with Crippen LogP contribution in [0.5, 0.6) is 0 Å². The summed E-state index contributed by atoms with van der Waals surface area (Å²) >= 11 is 0. The number of nitrogens with one attached hydrogen (secondary N) is 3. The number of rotatable bonds is 3. The van der Waals surface area contributed by atoms with Gasteiger partial charge in [-0.2, -0.15) is 5.10 Å². The van der Waals surface area contributed by atoms with E-state index in [0.29, 0.717) is 11.1 Å². The highest BCUT2D eigenvalue weighted by atomic mass is 35.5. The number of aromatic amines is 1. The molecule has 1 saturated carbocycles. The average Bonchev–Trinajstić information content (AvgIpc) is 3.31. The molecule has 9 heteroatoms. The standard InChI is InChI=1S/C17H16N6O2.ClH/c18-17(19)22-16(25)11-8-20-23(15(11)9-4-5-9)13-3-1-2-12-10(13)6-7-14(24)21-12;/h1-3,6-9H,4-5H2,(H,21,24)(H4,18,19,22,25);1H. The van der Waals surface area contributed by atoms with Crippen LogP contribution in [-0.2, 0) is 0 Å². The van der Waals surface area contributed by atoms with Crippen molar-refractivity contribution in [3.63, 3.8) is 0 Å². The van der Waals surface area contributed by atoms with Gasteiger partial charge in [-0.1, -0.05) is 6.07 Å². The number of amides is 1. The Morgan fingerprint density at radius 2 is 2.08 bits per heavy atom. The smallest absolute Gasteiger partial charge is 0.261 e. The van der Waals surface area contributed by atoms with E-state index in [1.54, 1.807) is 10.7 Å². The van der Waals surface area contributed by atoms with Crippen molar-refractivity contribution in [3.8, 4) is 5.69 Å². The van der Waals surface area contributed by atoms with E-state index in [0.717, 1.165) is 29.6 Å². The number of nitrogens with two attached hydrogens (primary N) is 1. The van der Waals surface area contributed by atoms with E-state index in [4.69, 9.17) is 11.1 Å². The van der Waals surface area contributed by atoms with Crippen molar-refractivity contribution in [2.24, 2.45) is 5.73 Å². The summed E-state index contributed by atoms with van der Waals surface area (Å²) in [6.07, 6.45) is 3.46. The molecule has 4 rings (SSSR count). The Bertz CT molecular complexity index is 1070. The second-order valence-electron chi connectivity index (χ2n) is 6.06. The number of hydrogen-bond donors (Lipinski definition) is 4. The van der Waals surface area contributed by atoms with Crippen molar-refractivity contribution in [1.29, 1.82) is 5.41 Å². The molecule has 0 saturated heterocycles. The van der Waals surface area contributed by atoms with E-state index in [-0.39, 0.29) is 23.9 Å². The number of hydrogen-bond acceptors (Lipinski definition) is 4. The predicted octanol–water partition coefficient (Wildman–Crippen LogP) is 1.64. The zero-order chi connectivity index (χ0) is 17.6. The summed E-state index contributed by atoms with van der Waals surface area (Å²) in [7, 11) is 0. The molecule has 0 radical (unpaired) electrons. The van der Waals surface area contributed by atoms with Gasteiger partial charge in [-0.25, -0.2) is 4.68 Å². The molecule has 1 fully saturated rings. The number of fused-ring (bicyclic) bond motifs is 1. The fourth-order valence-electron chi connectivity index (χ4n) is 3.02. The molecule has 2 heterocycles. The molecule has 1 aromatic carbocycles. The van der Waals surface area contributed by atoms with Crippen molar-refractivity contribution in [2.45, 2.75) is 18.8 Å². The summed E-state index contributed by atoms with van der Waals surface area (Å²) in [6.45, 7) is 0. The van der Waals surface area contributed by atoms with Crippen molar-refractivity contribution in [2.75, 3.05) is 0 Å². The topological polar surface area (TPSA) is 130 Å². The molecule has 0 atom stereocenters. The summed E-state index contributed by atoms with van der Waals surface area (Å²) in [5, 5.41) is 14.8. The van der Waals surface area contributed by atoms with E-state index in [1.807, 2.05) is 18.2 Å². The number of carbonyl (C=O) groups excluding carboxylic acids is 1. The van der Waals surface area contributed by atoms with Crippen LogP contribution in [0.15, 0.2) is 41.3 Å². The summed E-state index contributed by atoms with van der Waals surface area (Å²) in [4.78, 5) is 26.7. The molecule has 0 aliphatic heterocycles. The van der Waals surface area contributed by atoms with Gasteiger partial charge in [0, 0.05) is 17.4 Å². The van der Waals surface area contributed by atoms with Gasteiger partial charge in [0.15, 0.2) is 5.96 Å². The van der Waals surface area contributed by atoms with Gasteiger partial charge in [-0.15, -0.1) is 12.4 Å². The number of halogens is 1. The van der Waals surface area contributed by atoms with Gasteiger partial charge in [0.2, 0.25) is 5.56 Å². The van der Waals surface area contributed by atoms with Gasteiger partial charge >= 0.3 is 0 Å². The molecule has 1 aliphatic rings. The summed E-state index contributed by atoms with van der Waals surface area (Å²) in [5.74, 6) is -0.593. The molecule has 26 heavy (non-hydrogen) atoms. The van der Waals surface area contributed by atoms with E-state index < -0.39 is 11.9 Å². The normalized spacial score (nSPS) is 13.2.